The quantitative estimate of drug-likeness (QED) is 0.666. The van der Waals surface area contributed by atoms with E-state index in [1.54, 1.807) is 0 Å². The second kappa shape index (κ2) is 9.03. The summed E-state index contributed by atoms with van der Waals surface area (Å²) in [6.07, 6.45) is 2.64. The van der Waals surface area contributed by atoms with E-state index in [9.17, 15) is 0 Å². The van der Waals surface area contributed by atoms with Crippen LogP contribution in [0, 0.1) is 0 Å². The Morgan fingerprint density at radius 2 is 1.67 bits per heavy atom. The van der Waals surface area contributed by atoms with Crippen LogP contribution in [0.5, 0.6) is 0 Å². The number of likely N-dealkylation sites (tertiary alicyclic amines) is 1. The molecule has 0 atom stereocenters. The van der Waals surface area contributed by atoms with Crippen LogP contribution in [0.15, 0.2) is 18.2 Å². The van der Waals surface area contributed by atoms with Gasteiger partial charge in [-0.1, -0.05) is 12.1 Å². The normalized spacial score (nSPS) is 25.1. The average Bonchev–Trinajstić information content (AvgIpc) is 2.96. The molecule has 3 saturated heterocycles. The molecule has 0 bridgehead atoms. The number of benzene rings is 1. The number of hydrogen-bond donors (Lipinski definition) is 0. The maximum Gasteiger partial charge on any atom is 0.494 e. The molecule has 3 fully saturated rings. The molecule has 7 heteroatoms. The van der Waals surface area contributed by atoms with Crippen LogP contribution in [0.2, 0.25) is 0 Å². The molecule has 4 rings (SSSR count). The number of methoxy groups -OCH3 is 1. The first-order valence-electron chi connectivity index (χ1n) is 11.4. The van der Waals surface area contributed by atoms with E-state index in [0.717, 1.165) is 51.0 Å². The summed E-state index contributed by atoms with van der Waals surface area (Å²) in [5.74, 6) is 2.41. The van der Waals surface area contributed by atoms with Crippen LogP contribution in [0.4, 0.5) is 5.69 Å². The Balaban J connectivity index is 1.57. The summed E-state index contributed by atoms with van der Waals surface area (Å²) in [6, 6.07) is 6.84. The third-order valence-corrected chi connectivity index (χ3v) is 8.19. The fourth-order valence-corrected chi connectivity index (χ4v) is 5.42. The predicted octanol–water partition coefficient (Wildman–Crippen LogP) is 3.15. The van der Waals surface area contributed by atoms with E-state index >= 15 is 0 Å². The minimum Gasteiger partial charge on any atom is -0.399 e. The number of anilines is 1. The smallest absolute Gasteiger partial charge is 0.399 e. The highest BCUT2D eigenvalue weighted by Gasteiger charge is 2.51. The summed E-state index contributed by atoms with van der Waals surface area (Å²) < 4.78 is 18.2. The molecule has 166 valence electrons. The highest BCUT2D eigenvalue weighted by Crippen LogP contribution is 2.37. The van der Waals surface area contributed by atoms with Gasteiger partial charge in [-0.2, -0.15) is 11.8 Å². The van der Waals surface area contributed by atoms with Gasteiger partial charge in [0.1, 0.15) is 0 Å². The van der Waals surface area contributed by atoms with Gasteiger partial charge in [0.15, 0.2) is 0 Å². The van der Waals surface area contributed by atoms with E-state index in [2.05, 4.69) is 67.5 Å². The molecule has 0 saturated carbocycles. The minimum atomic E-state index is -0.317. The summed E-state index contributed by atoms with van der Waals surface area (Å²) >= 11 is 2.05. The second-order valence-electron chi connectivity index (χ2n) is 9.79. The van der Waals surface area contributed by atoms with Crippen LogP contribution in [-0.2, 0) is 20.6 Å². The van der Waals surface area contributed by atoms with Gasteiger partial charge in [0, 0.05) is 57.0 Å². The van der Waals surface area contributed by atoms with Gasteiger partial charge in [0.05, 0.1) is 17.3 Å². The Morgan fingerprint density at radius 3 is 2.27 bits per heavy atom. The molecular weight excluding hydrogens is 395 g/mol. The number of rotatable bonds is 5. The Morgan fingerprint density at radius 1 is 1.03 bits per heavy atom. The van der Waals surface area contributed by atoms with E-state index < -0.39 is 0 Å². The Kier molecular flexibility index (Phi) is 6.76. The van der Waals surface area contributed by atoms with Crippen LogP contribution in [0.1, 0.15) is 46.1 Å². The van der Waals surface area contributed by atoms with Gasteiger partial charge in [0.2, 0.25) is 0 Å². The summed E-state index contributed by atoms with van der Waals surface area (Å²) in [7, 11) is 1.53. The van der Waals surface area contributed by atoms with Gasteiger partial charge in [0.25, 0.3) is 0 Å². The van der Waals surface area contributed by atoms with Crippen LogP contribution in [0.25, 0.3) is 0 Å². The molecule has 3 aliphatic heterocycles. The predicted molar refractivity (Wildman–Crippen MR) is 127 cm³/mol. The van der Waals surface area contributed by atoms with Crippen molar-refractivity contribution in [2.45, 2.75) is 64.4 Å². The highest BCUT2D eigenvalue weighted by atomic mass is 32.2. The zero-order valence-electron chi connectivity index (χ0n) is 19.3. The van der Waals surface area contributed by atoms with Crippen molar-refractivity contribution in [2.75, 3.05) is 49.7 Å². The lowest BCUT2D eigenvalue weighted by Crippen LogP contribution is -2.41. The molecule has 0 radical (unpaired) electrons. The zero-order chi connectivity index (χ0) is 21.4. The molecule has 30 heavy (non-hydrogen) atoms. The molecule has 0 spiro atoms. The molecule has 1 aromatic rings. The molecule has 3 aliphatic rings. The third-order valence-electron chi connectivity index (χ3n) is 7.24. The van der Waals surface area contributed by atoms with Gasteiger partial charge < -0.3 is 18.9 Å². The van der Waals surface area contributed by atoms with Crippen molar-refractivity contribution in [3.8, 4) is 0 Å². The van der Waals surface area contributed by atoms with E-state index in [0.29, 0.717) is 6.10 Å². The van der Waals surface area contributed by atoms with Gasteiger partial charge >= 0.3 is 7.12 Å². The van der Waals surface area contributed by atoms with Crippen molar-refractivity contribution in [1.82, 2.24) is 4.90 Å². The lowest BCUT2D eigenvalue weighted by molar-refractivity contribution is 0.00578. The first-order valence-corrected chi connectivity index (χ1v) is 12.5. The third kappa shape index (κ3) is 4.70. The molecule has 0 unspecified atom stereocenters. The van der Waals surface area contributed by atoms with Crippen molar-refractivity contribution in [1.29, 1.82) is 0 Å². The monoisotopic (exact) mass is 432 g/mol. The van der Waals surface area contributed by atoms with E-state index in [1.807, 2.05) is 7.11 Å². The van der Waals surface area contributed by atoms with E-state index in [-0.39, 0.29) is 18.3 Å². The van der Waals surface area contributed by atoms with Crippen molar-refractivity contribution < 1.29 is 14.0 Å². The molecule has 0 N–H and O–H groups in total. The Bertz CT molecular complexity index is 715. The zero-order valence-corrected chi connectivity index (χ0v) is 20.1. The molecule has 3 heterocycles. The molecule has 0 aliphatic carbocycles. The van der Waals surface area contributed by atoms with E-state index in [4.69, 9.17) is 14.0 Å². The van der Waals surface area contributed by atoms with Crippen molar-refractivity contribution in [2.24, 2.45) is 0 Å². The summed E-state index contributed by atoms with van der Waals surface area (Å²) in [5.41, 5.74) is 3.27. The summed E-state index contributed by atoms with van der Waals surface area (Å²) in [5, 5.41) is 0. The topological polar surface area (TPSA) is 34.2 Å². The van der Waals surface area contributed by atoms with Crippen LogP contribution >= 0.6 is 11.8 Å². The van der Waals surface area contributed by atoms with Gasteiger partial charge in [-0.25, -0.2) is 0 Å². The molecule has 1 aromatic carbocycles. The lowest BCUT2D eigenvalue weighted by atomic mass is 9.78. The molecule has 0 amide bonds. The summed E-state index contributed by atoms with van der Waals surface area (Å²) in [4.78, 5) is 5.13. The highest BCUT2D eigenvalue weighted by molar-refractivity contribution is 7.99. The SMILES string of the molecule is COC1CCN(Cc2cc(B3OC(C)(C)C(C)(C)O3)ccc2N2CCSCC2)CC1. The van der Waals surface area contributed by atoms with Gasteiger partial charge in [-0.05, 0) is 57.6 Å². The standard InChI is InChI=1S/C23H37BN2O3S/c1-22(2)23(3,4)29-24(28-22)19-6-7-21(26-12-14-30-15-13-26)18(16-19)17-25-10-8-20(27-5)9-11-25/h6-7,16,20H,8-15,17H2,1-5H3. The van der Waals surface area contributed by atoms with Gasteiger partial charge in [-0.15, -0.1) is 0 Å². The maximum atomic E-state index is 6.34. The Hall–Kier alpha value is -0.725. The number of nitrogens with zero attached hydrogens (tertiary/aromatic N) is 2. The fourth-order valence-electron chi connectivity index (χ4n) is 4.51. The maximum absolute atomic E-state index is 6.34. The number of piperidine rings is 1. The Labute approximate surface area is 186 Å². The van der Waals surface area contributed by atoms with Crippen LogP contribution in [-0.4, -0.2) is 74.1 Å². The number of thioether (sulfide) groups is 1. The summed E-state index contributed by atoms with van der Waals surface area (Å²) in [6.45, 7) is 13.9. The van der Waals surface area contributed by atoms with Crippen LogP contribution in [0.3, 0.4) is 0 Å². The number of ether oxygens (including phenoxy) is 1. The first-order chi connectivity index (χ1) is 14.3. The largest absolute Gasteiger partial charge is 0.494 e. The minimum absolute atomic E-state index is 0.307. The van der Waals surface area contributed by atoms with Crippen LogP contribution < -0.4 is 10.4 Å². The van der Waals surface area contributed by atoms with Crippen molar-refractivity contribution in [3.63, 3.8) is 0 Å². The number of hydrogen-bond acceptors (Lipinski definition) is 6. The molecule has 5 nitrogen and oxygen atoms in total. The van der Waals surface area contributed by atoms with Crippen molar-refractivity contribution in [3.05, 3.63) is 23.8 Å². The van der Waals surface area contributed by atoms with Gasteiger partial charge in [-0.3, -0.25) is 4.90 Å². The van der Waals surface area contributed by atoms with Crippen molar-refractivity contribution >= 4 is 30.0 Å². The lowest BCUT2D eigenvalue weighted by Gasteiger charge is -2.34. The molecular formula is C23H37BN2O3S. The first kappa shape index (κ1) is 22.5. The fraction of sp³-hybridized carbons (Fsp3) is 0.739. The average molecular weight is 432 g/mol. The van der Waals surface area contributed by atoms with E-state index in [1.165, 1.54) is 22.8 Å². The molecule has 0 aromatic heterocycles. The second-order valence-corrected chi connectivity index (χ2v) is 11.0.